The normalized spacial score (nSPS) is 15.1. The van der Waals surface area contributed by atoms with Crippen molar-refractivity contribution in [2.75, 3.05) is 5.75 Å². The molecule has 0 aliphatic carbocycles. The minimum absolute atomic E-state index is 0.243. The molecule has 3 aromatic heterocycles. The number of allylic oxidation sites excluding steroid dienone is 4. The van der Waals surface area contributed by atoms with Gasteiger partial charge in [0.25, 0.3) is 0 Å². The number of pyridine rings is 1. The van der Waals surface area contributed by atoms with Crippen LogP contribution in [-0.4, -0.2) is 30.1 Å². The third-order valence-corrected chi connectivity index (χ3v) is 5.50. The quantitative estimate of drug-likeness (QED) is 0.651. The van der Waals surface area contributed by atoms with Gasteiger partial charge in [0, 0.05) is 23.5 Å². The van der Waals surface area contributed by atoms with Crippen LogP contribution in [0.4, 0.5) is 0 Å². The second-order valence-electron chi connectivity index (χ2n) is 6.12. The zero-order valence-corrected chi connectivity index (χ0v) is 15.4. The largest absolute Gasteiger partial charge is 0.359 e. The molecule has 0 amide bonds. The van der Waals surface area contributed by atoms with Gasteiger partial charge in [0.2, 0.25) is 0 Å². The van der Waals surface area contributed by atoms with Crippen LogP contribution in [-0.2, 0) is 10.8 Å². The van der Waals surface area contributed by atoms with Gasteiger partial charge in [0.1, 0.15) is 0 Å². The van der Waals surface area contributed by atoms with Crippen molar-refractivity contribution < 1.29 is 4.21 Å². The molecular formula is C19H22N4OS. The molecule has 2 unspecified atom stereocenters. The molecule has 0 fully saturated rings. The number of rotatable bonds is 6. The average molecular weight is 354 g/mol. The van der Waals surface area contributed by atoms with E-state index in [4.69, 9.17) is 0 Å². The summed E-state index contributed by atoms with van der Waals surface area (Å²) in [4.78, 5) is 8.22. The van der Waals surface area contributed by atoms with Crippen LogP contribution in [0.3, 0.4) is 0 Å². The first-order chi connectivity index (χ1) is 12.1. The molecule has 6 heteroatoms. The summed E-state index contributed by atoms with van der Waals surface area (Å²) in [7, 11) is -1.06. The summed E-state index contributed by atoms with van der Waals surface area (Å²) in [5.41, 5.74) is 3.60. The van der Waals surface area contributed by atoms with Gasteiger partial charge < -0.3 is 4.98 Å². The van der Waals surface area contributed by atoms with Gasteiger partial charge in [-0.15, -0.1) is 0 Å². The molecule has 2 N–H and O–H groups in total. The number of hydrogen-bond acceptors (Lipinski definition) is 3. The van der Waals surface area contributed by atoms with Gasteiger partial charge >= 0.3 is 0 Å². The molecule has 25 heavy (non-hydrogen) atoms. The first-order valence-corrected chi connectivity index (χ1v) is 9.57. The van der Waals surface area contributed by atoms with E-state index < -0.39 is 10.8 Å². The minimum atomic E-state index is -1.06. The summed E-state index contributed by atoms with van der Waals surface area (Å²) in [6, 6.07) is 5.77. The van der Waals surface area contributed by atoms with E-state index in [-0.39, 0.29) is 5.92 Å². The molecule has 0 saturated carbocycles. The van der Waals surface area contributed by atoms with Gasteiger partial charge in [-0.25, -0.2) is 4.98 Å². The predicted molar refractivity (Wildman–Crippen MR) is 103 cm³/mol. The Bertz CT molecular complexity index is 951. The van der Waals surface area contributed by atoms with Crippen LogP contribution < -0.4 is 0 Å². The van der Waals surface area contributed by atoms with Crippen LogP contribution in [0.1, 0.15) is 20.8 Å². The third-order valence-electron chi connectivity index (χ3n) is 3.91. The number of aromatic nitrogens is 4. The van der Waals surface area contributed by atoms with E-state index in [1.807, 2.05) is 37.4 Å². The lowest BCUT2D eigenvalue weighted by Crippen LogP contribution is -2.05. The molecule has 3 heterocycles. The first-order valence-electron chi connectivity index (χ1n) is 8.26. The van der Waals surface area contributed by atoms with E-state index in [1.54, 1.807) is 6.20 Å². The fraction of sp³-hybridized carbons (Fsp3) is 0.263. The van der Waals surface area contributed by atoms with Crippen molar-refractivity contribution in [1.29, 1.82) is 0 Å². The monoisotopic (exact) mass is 354 g/mol. The highest BCUT2D eigenvalue weighted by atomic mass is 32.2. The summed E-state index contributed by atoms with van der Waals surface area (Å²) < 4.78 is 12.6. The summed E-state index contributed by atoms with van der Waals surface area (Å²) >= 11 is 0. The van der Waals surface area contributed by atoms with Gasteiger partial charge in [-0.05, 0) is 38.0 Å². The summed E-state index contributed by atoms with van der Waals surface area (Å²) in [5.74, 6) is 0.838. The standard InChI is InChI=1S/C19H22N4OS/c1-4-6-13(2)9-14(3)12-25(24)15-10-17(21-11-15)18-16-7-5-8-20-19(16)23-22-18/h4-11,14,21H,12H2,1-3H3,(H,20,22,23)/b6-4-,13-9-. The fourth-order valence-corrected chi connectivity index (χ4v) is 4.06. The molecule has 2 atom stereocenters. The lowest BCUT2D eigenvalue weighted by molar-refractivity contribution is 0.675. The molecule has 0 aliphatic heterocycles. The van der Waals surface area contributed by atoms with Crippen LogP contribution in [0.25, 0.3) is 22.4 Å². The van der Waals surface area contributed by atoms with E-state index in [9.17, 15) is 4.21 Å². The number of nitrogens with one attached hydrogen (secondary N) is 2. The Kier molecular flexibility index (Phi) is 5.28. The minimum Gasteiger partial charge on any atom is -0.359 e. The molecule has 0 aromatic carbocycles. The fourth-order valence-electron chi connectivity index (χ4n) is 2.86. The SMILES string of the molecule is C/C=C\C(C)=C/C(C)CS(=O)c1c[nH]c(-c2[nH]nc3ncccc23)c1. The maximum atomic E-state index is 12.6. The predicted octanol–water partition coefficient (Wildman–Crippen LogP) is 4.22. The van der Waals surface area contributed by atoms with Gasteiger partial charge in [-0.2, -0.15) is 5.10 Å². The Balaban J connectivity index is 1.77. The molecule has 0 bridgehead atoms. The Hall–Kier alpha value is -2.47. The zero-order chi connectivity index (χ0) is 17.8. The molecular weight excluding hydrogens is 332 g/mol. The molecule has 3 aromatic rings. The van der Waals surface area contributed by atoms with Crippen molar-refractivity contribution in [3.05, 3.63) is 54.4 Å². The number of aromatic amines is 2. The molecule has 0 saturated heterocycles. The Morgan fingerprint density at radius 1 is 1.44 bits per heavy atom. The van der Waals surface area contributed by atoms with Crippen molar-refractivity contribution in [3.63, 3.8) is 0 Å². The first kappa shape index (κ1) is 17.4. The van der Waals surface area contributed by atoms with E-state index in [0.29, 0.717) is 11.4 Å². The lowest BCUT2D eigenvalue weighted by Gasteiger charge is -2.06. The summed E-state index contributed by atoms with van der Waals surface area (Å²) in [6.45, 7) is 6.15. The van der Waals surface area contributed by atoms with Crippen LogP contribution in [0.5, 0.6) is 0 Å². The molecule has 0 aliphatic rings. The highest BCUT2D eigenvalue weighted by Crippen LogP contribution is 2.26. The number of nitrogens with zero attached hydrogens (tertiary/aromatic N) is 2. The Morgan fingerprint density at radius 3 is 3.08 bits per heavy atom. The number of hydrogen-bond donors (Lipinski definition) is 2. The third kappa shape index (κ3) is 3.96. The highest BCUT2D eigenvalue weighted by molar-refractivity contribution is 7.85. The van der Waals surface area contributed by atoms with Crippen LogP contribution in [0, 0.1) is 5.92 Å². The van der Waals surface area contributed by atoms with Crippen molar-refractivity contribution in [3.8, 4) is 11.4 Å². The van der Waals surface area contributed by atoms with E-state index in [2.05, 4.69) is 46.2 Å². The van der Waals surface area contributed by atoms with Crippen molar-refractivity contribution in [1.82, 2.24) is 20.2 Å². The van der Waals surface area contributed by atoms with Crippen molar-refractivity contribution in [2.24, 2.45) is 5.92 Å². The molecule has 0 radical (unpaired) electrons. The van der Waals surface area contributed by atoms with E-state index in [1.165, 1.54) is 5.57 Å². The van der Waals surface area contributed by atoms with Crippen molar-refractivity contribution in [2.45, 2.75) is 25.7 Å². The summed E-state index contributed by atoms with van der Waals surface area (Å²) in [5, 5.41) is 8.15. The summed E-state index contributed by atoms with van der Waals surface area (Å²) in [6.07, 6.45) is 9.75. The molecule has 0 spiro atoms. The lowest BCUT2D eigenvalue weighted by atomic mass is 10.1. The van der Waals surface area contributed by atoms with Gasteiger partial charge in [0.15, 0.2) is 5.65 Å². The van der Waals surface area contributed by atoms with Crippen LogP contribution >= 0.6 is 0 Å². The maximum absolute atomic E-state index is 12.6. The van der Waals surface area contributed by atoms with Gasteiger partial charge in [-0.3, -0.25) is 9.31 Å². The molecule has 130 valence electrons. The smallest absolute Gasteiger partial charge is 0.181 e. The second-order valence-corrected chi connectivity index (χ2v) is 7.62. The molecule has 5 nitrogen and oxygen atoms in total. The molecule has 3 rings (SSSR count). The van der Waals surface area contributed by atoms with Crippen LogP contribution in [0.2, 0.25) is 0 Å². The number of fused-ring (bicyclic) bond motifs is 1. The average Bonchev–Trinajstić information content (AvgIpc) is 3.21. The Morgan fingerprint density at radius 2 is 2.28 bits per heavy atom. The van der Waals surface area contributed by atoms with E-state index >= 15 is 0 Å². The number of H-pyrrole nitrogens is 2. The van der Waals surface area contributed by atoms with Gasteiger partial charge in [-0.1, -0.05) is 30.7 Å². The topological polar surface area (TPSA) is 74.4 Å². The van der Waals surface area contributed by atoms with E-state index in [0.717, 1.165) is 21.7 Å². The van der Waals surface area contributed by atoms with Crippen molar-refractivity contribution >= 4 is 21.8 Å². The van der Waals surface area contributed by atoms with Gasteiger partial charge in [0.05, 0.1) is 27.1 Å². The zero-order valence-electron chi connectivity index (χ0n) is 14.6. The second kappa shape index (κ2) is 7.61. The van der Waals surface area contributed by atoms with Crippen LogP contribution in [0.15, 0.2) is 59.3 Å². The highest BCUT2D eigenvalue weighted by Gasteiger charge is 2.14. The maximum Gasteiger partial charge on any atom is 0.181 e. The Labute approximate surface area is 149 Å².